The van der Waals surface area contributed by atoms with Crippen molar-refractivity contribution < 1.29 is 23.9 Å². The zero-order chi connectivity index (χ0) is 27.3. The third-order valence-corrected chi connectivity index (χ3v) is 8.37. The lowest BCUT2D eigenvalue weighted by atomic mass is 9.82. The maximum absolute atomic E-state index is 13.7. The summed E-state index contributed by atoms with van der Waals surface area (Å²) in [5.41, 5.74) is -0.156. The van der Waals surface area contributed by atoms with Gasteiger partial charge in [0.2, 0.25) is 5.60 Å². The first-order chi connectivity index (χ1) is 18.9. The van der Waals surface area contributed by atoms with Gasteiger partial charge in [-0.2, -0.15) is 5.26 Å². The van der Waals surface area contributed by atoms with Crippen molar-refractivity contribution in [3.63, 3.8) is 0 Å². The fraction of sp³-hybridized carbons (Fsp3) is 0.344. The Morgan fingerprint density at radius 1 is 0.949 bits per heavy atom. The molecule has 0 saturated carbocycles. The highest BCUT2D eigenvalue weighted by molar-refractivity contribution is 5.96. The highest BCUT2D eigenvalue weighted by Crippen LogP contribution is 2.38. The number of aliphatic hydroxyl groups is 1. The molecule has 200 valence electrons. The van der Waals surface area contributed by atoms with Gasteiger partial charge in [0.15, 0.2) is 6.10 Å². The van der Waals surface area contributed by atoms with Crippen molar-refractivity contribution in [3.8, 4) is 6.07 Å². The predicted octanol–water partition coefficient (Wildman–Crippen LogP) is 3.77. The Labute approximate surface area is 229 Å². The Kier molecular flexibility index (Phi) is 7.78. The summed E-state index contributed by atoms with van der Waals surface area (Å²) in [6.45, 7) is 4.12. The van der Waals surface area contributed by atoms with Gasteiger partial charge in [0.05, 0.1) is 36.8 Å². The van der Waals surface area contributed by atoms with Crippen LogP contribution < -0.4 is 5.32 Å². The van der Waals surface area contributed by atoms with Gasteiger partial charge in [-0.1, -0.05) is 72.8 Å². The van der Waals surface area contributed by atoms with Gasteiger partial charge in [-0.3, -0.25) is 4.79 Å². The molecular weight excluding hydrogens is 490 g/mol. The van der Waals surface area contributed by atoms with Crippen molar-refractivity contribution in [2.45, 2.75) is 31.0 Å². The number of rotatable bonds is 9. The summed E-state index contributed by atoms with van der Waals surface area (Å²) in [6.07, 6.45) is 2.45. The SMILES string of the molecule is N#Cc1ccccc1C(=O)NCCC[N+]12CCC(CC1)[C@@H](OC(=O)C(O)(c1ccccc1)c1ccccc1)C2. The molecule has 3 heterocycles. The molecule has 7 nitrogen and oxygen atoms in total. The number of carbonyl (C=O) groups is 2. The second kappa shape index (κ2) is 11.4. The van der Waals surface area contributed by atoms with Crippen molar-refractivity contribution >= 4 is 11.9 Å². The molecule has 1 atom stereocenters. The van der Waals surface area contributed by atoms with Crippen molar-refractivity contribution in [1.82, 2.24) is 5.32 Å². The molecule has 3 aliphatic heterocycles. The van der Waals surface area contributed by atoms with E-state index in [1.54, 1.807) is 48.5 Å². The number of nitriles is 1. The van der Waals surface area contributed by atoms with Crippen LogP contribution in [0, 0.1) is 17.2 Å². The van der Waals surface area contributed by atoms with Crippen LogP contribution >= 0.6 is 0 Å². The fourth-order valence-electron chi connectivity index (χ4n) is 6.14. The lowest BCUT2D eigenvalue weighted by Crippen LogP contribution is -2.65. The smallest absolute Gasteiger partial charge is 0.348 e. The van der Waals surface area contributed by atoms with E-state index in [1.165, 1.54) is 0 Å². The zero-order valence-corrected chi connectivity index (χ0v) is 22.0. The summed E-state index contributed by atoms with van der Waals surface area (Å²) in [5, 5.41) is 24.0. The van der Waals surface area contributed by atoms with Gasteiger partial charge in [0, 0.05) is 31.7 Å². The van der Waals surface area contributed by atoms with E-state index in [1.807, 2.05) is 36.4 Å². The maximum atomic E-state index is 13.7. The van der Waals surface area contributed by atoms with E-state index in [9.17, 15) is 20.0 Å². The van der Waals surface area contributed by atoms with Crippen LogP contribution in [0.3, 0.4) is 0 Å². The summed E-state index contributed by atoms with van der Waals surface area (Å²) in [5.74, 6) is -0.593. The Balaban J connectivity index is 1.23. The summed E-state index contributed by atoms with van der Waals surface area (Å²) in [6, 6.07) is 26.8. The number of piperidine rings is 3. The molecule has 0 aromatic heterocycles. The lowest BCUT2D eigenvalue weighted by Gasteiger charge is -2.52. The van der Waals surface area contributed by atoms with Crippen LogP contribution in [-0.2, 0) is 15.1 Å². The number of hydrogen-bond acceptors (Lipinski definition) is 5. The molecule has 7 heteroatoms. The third kappa shape index (κ3) is 5.44. The molecule has 0 unspecified atom stereocenters. The van der Waals surface area contributed by atoms with Gasteiger partial charge >= 0.3 is 5.97 Å². The highest BCUT2D eigenvalue weighted by Gasteiger charge is 2.50. The molecule has 3 fully saturated rings. The minimum Gasteiger partial charge on any atom is -0.453 e. The molecule has 3 aliphatic rings. The molecule has 3 aromatic rings. The first kappa shape index (κ1) is 26.6. The number of ether oxygens (including phenoxy) is 1. The van der Waals surface area contributed by atoms with Crippen molar-refractivity contribution in [1.29, 1.82) is 5.26 Å². The number of nitrogens with one attached hydrogen (secondary N) is 1. The van der Waals surface area contributed by atoms with Gasteiger partial charge in [0.1, 0.15) is 6.54 Å². The topological polar surface area (TPSA) is 99.4 Å². The van der Waals surface area contributed by atoms with Crippen molar-refractivity contribution in [2.75, 3.05) is 32.7 Å². The summed E-state index contributed by atoms with van der Waals surface area (Å²) >= 11 is 0. The van der Waals surface area contributed by atoms with Gasteiger partial charge in [-0.15, -0.1) is 0 Å². The van der Waals surface area contributed by atoms with Gasteiger partial charge < -0.3 is 19.6 Å². The van der Waals surface area contributed by atoms with E-state index in [0.29, 0.717) is 35.3 Å². The van der Waals surface area contributed by atoms with E-state index >= 15 is 0 Å². The van der Waals surface area contributed by atoms with E-state index in [-0.39, 0.29) is 17.9 Å². The molecule has 1 amide bonds. The second-order valence-electron chi connectivity index (χ2n) is 10.7. The average molecular weight is 525 g/mol. The number of fused-ring (bicyclic) bond motifs is 3. The molecule has 3 saturated heterocycles. The average Bonchev–Trinajstić information content (AvgIpc) is 3.00. The van der Waals surface area contributed by atoms with Crippen LogP contribution in [0.25, 0.3) is 0 Å². The minimum absolute atomic E-state index is 0.239. The van der Waals surface area contributed by atoms with Gasteiger partial charge in [-0.25, -0.2) is 4.79 Å². The van der Waals surface area contributed by atoms with Gasteiger partial charge in [0.25, 0.3) is 5.91 Å². The van der Waals surface area contributed by atoms with Gasteiger partial charge in [-0.05, 0) is 23.3 Å². The molecule has 2 N–H and O–H groups in total. The Bertz CT molecular complexity index is 1310. The highest BCUT2D eigenvalue weighted by atomic mass is 16.6. The zero-order valence-electron chi connectivity index (χ0n) is 22.0. The van der Waals surface area contributed by atoms with Crippen LogP contribution in [0.5, 0.6) is 0 Å². The normalized spacial score (nSPS) is 22.1. The Morgan fingerprint density at radius 3 is 2.15 bits per heavy atom. The van der Waals surface area contributed by atoms with Crippen LogP contribution in [0.4, 0.5) is 0 Å². The van der Waals surface area contributed by atoms with Crippen LogP contribution in [-0.4, -0.2) is 60.3 Å². The molecule has 6 rings (SSSR count). The monoisotopic (exact) mass is 524 g/mol. The van der Waals surface area contributed by atoms with Crippen LogP contribution in [0.1, 0.15) is 46.3 Å². The van der Waals surface area contributed by atoms with E-state index in [2.05, 4.69) is 11.4 Å². The first-order valence-electron chi connectivity index (χ1n) is 13.6. The maximum Gasteiger partial charge on any atom is 0.348 e. The number of benzene rings is 3. The fourth-order valence-corrected chi connectivity index (χ4v) is 6.14. The lowest BCUT2D eigenvalue weighted by molar-refractivity contribution is -0.946. The Morgan fingerprint density at radius 2 is 1.54 bits per heavy atom. The summed E-state index contributed by atoms with van der Waals surface area (Å²) < 4.78 is 6.99. The van der Waals surface area contributed by atoms with Crippen LogP contribution in [0.15, 0.2) is 84.9 Å². The van der Waals surface area contributed by atoms with Crippen LogP contribution in [0.2, 0.25) is 0 Å². The largest absolute Gasteiger partial charge is 0.453 e. The number of quaternary nitrogens is 1. The molecule has 0 spiro atoms. The predicted molar refractivity (Wildman–Crippen MR) is 146 cm³/mol. The van der Waals surface area contributed by atoms with E-state index in [0.717, 1.165) is 43.4 Å². The molecule has 39 heavy (non-hydrogen) atoms. The van der Waals surface area contributed by atoms with Crippen molar-refractivity contribution in [2.24, 2.45) is 5.92 Å². The number of amides is 1. The second-order valence-corrected chi connectivity index (χ2v) is 10.7. The molecular formula is C32H34N3O4+. The minimum atomic E-state index is -1.89. The van der Waals surface area contributed by atoms with E-state index in [4.69, 9.17) is 4.74 Å². The number of esters is 1. The quantitative estimate of drug-likeness (QED) is 0.252. The first-order valence-corrected chi connectivity index (χ1v) is 13.6. The molecule has 3 aromatic carbocycles. The van der Waals surface area contributed by atoms with Crippen molar-refractivity contribution in [3.05, 3.63) is 107 Å². The Hall–Kier alpha value is -3.99. The molecule has 0 aliphatic carbocycles. The molecule has 0 radical (unpaired) electrons. The molecule has 2 bridgehead atoms. The third-order valence-electron chi connectivity index (χ3n) is 8.37. The number of carbonyl (C=O) groups excluding carboxylic acids is 2. The standard InChI is InChI=1S/C32H33N3O4/c33-22-25-10-7-8-15-28(25)30(36)34-18-9-19-35-20-16-24(17-21-35)29(23-35)39-31(37)32(38,26-11-3-1-4-12-26)27-13-5-2-6-14-27/h1-8,10-15,24,29,38H,9,16-21,23H2/p+1/t24?,29-,35?/m0/s1. The van der Waals surface area contributed by atoms with E-state index < -0.39 is 11.6 Å². The number of nitrogens with zero attached hydrogens (tertiary/aromatic N) is 2. The summed E-state index contributed by atoms with van der Waals surface area (Å²) in [7, 11) is 0. The number of hydrogen-bond donors (Lipinski definition) is 2. The summed E-state index contributed by atoms with van der Waals surface area (Å²) in [4.78, 5) is 26.3.